The van der Waals surface area contributed by atoms with Crippen LogP contribution in [0.2, 0.25) is 0 Å². The van der Waals surface area contributed by atoms with Crippen molar-refractivity contribution in [3.63, 3.8) is 0 Å². The van der Waals surface area contributed by atoms with Crippen LogP contribution in [0.15, 0.2) is 12.2 Å². The van der Waals surface area contributed by atoms with Crippen molar-refractivity contribution >= 4 is 5.91 Å². The lowest BCUT2D eigenvalue weighted by molar-refractivity contribution is -0.302. The molecule has 0 aromatic carbocycles. The number of amides is 1. The third-order valence-electron chi connectivity index (χ3n) is 16.5. The maximum atomic E-state index is 13.2. The lowest BCUT2D eigenvalue weighted by Crippen LogP contribution is -2.60. The van der Waals surface area contributed by atoms with Gasteiger partial charge in [0.15, 0.2) is 6.29 Å². The highest BCUT2D eigenvalue weighted by atomic mass is 16.7. The Balaban J connectivity index is 2.08. The molecule has 10 nitrogen and oxygen atoms in total. The molecule has 8 unspecified atom stereocenters. The molecular formula is C66H129NO9. The molecule has 1 aliphatic heterocycles. The predicted octanol–water partition coefficient (Wildman–Crippen LogP) is 16.5. The number of nitrogens with one attached hydrogen (secondary N) is 1. The summed E-state index contributed by atoms with van der Waals surface area (Å²) in [5, 5.41) is 65.3. The summed E-state index contributed by atoms with van der Waals surface area (Å²) in [6, 6.07) is -0.892. The SMILES string of the molecule is CCCCCCCCCCCCCCCCCC/C=C\CCCCCCCCCCCCCCCCCCC(O)C(=O)NC(COC1OC(CO)C(O)C(O)C1O)C(O)CCCCCCCCCCCCCCCCC. The van der Waals surface area contributed by atoms with Crippen molar-refractivity contribution in [1.29, 1.82) is 0 Å². The average Bonchev–Trinajstić information content (AvgIpc) is 3.42. The van der Waals surface area contributed by atoms with Crippen molar-refractivity contribution in [2.75, 3.05) is 13.2 Å². The Kier molecular flexibility index (Phi) is 53.5. The van der Waals surface area contributed by atoms with Crippen molar-refractivity contribution < 1.29 is 44.9 Å². The summed E-state index contributed by atoms with van der Waals surface area (Å²) in [6.07, 6.45) is 60.3. The maximum Gasteiger partial charge on any atom is 0.249 e. The van der Waals surface area contributed by atoms with E-state index >= 15 is 0 Å². The summed E-state index contributed by atoms with van der Waals surface area (Å²) in [4.78, 5) is 13.2. The molecule has 1 heterocycles. The van der Waals surface area contributed by atoms with E-state index < -0.39 is 61.5 Å². The lowest BCUT2D eigenvalue weighted by atomic mass is 9.99. The zero-order valence-corrected chi connectivity index (χ0v) is 50.2. The van der Waals surface area contributed by atoms with E-state index in [-0.39, 0.29) is 6.61 Å². The van der Waals surface area contributed by atoms with Crippen LogP contribution in [0.5, 0.6) is 0 Å². The Morgan fingerprint density at radius 1 is 0.434 bits per heavy atom. The largest absolute Gasteiger partial charge is 0.394 e. The van der Waals surface area contributed by atoms with Gasteiger partial charge in [0, 0.05) is 0 Å². The van der Waals surface area contributed by atoms with E-state index in [0.717, 1.165) is 44.9 Å². The number of aliphatic hydroxyl groups excluding tert-OH is 6. The fraction of sp³-hybridized carbons (Fsp3) is 0.955. The highest BCUT2D eigenvalue weighted by molar-refractivity contribution is 5.80. The first kappa shape index (κ1) is 72.9. The summed E-state index contributed by atoms with van der Waals surface area (Å²) in [7, 11) is 0. The second-order valence-corrected chi connectivity index (χ2v) is 23.8. The van der Waals surface area contributed by atoms with Gasteiger partial charge in [-0.25, -0.2) is 0 Å². The average molecular weight is 1080 g/mol. The van der Waals surface area contributed by atoms with Gasteiger partial charge in [-0.2, -0.15) is 0 Å². The minimum Gasteiger partial charge on any atom is -0.394 e. The highest BCUT2D eigenvalue weighted by Gasteiger charge is 2.44. The summed E-state index contributed by atoms with van der Waals surface area (Å²) in [5.41, 5.74) is 0. The van der Waals surface area contributed by atoms with Gasteiger partial charge in [-0.3, -0.25) is 4.79 Å². The molecule has 0 aromatic rings. The van der Waals surface area contributed by atoms with Gasteiger partial charge in [-0.1, -0.05) is 315 Å². The predicted molar refractivity (Wildman–Crippen MR) is 320 cm³/mol. The standard InChI is InChI=1S/C66H129NO9/c1-3-5-7-9-11-13-15-17-19-20-21-22-23-24-25-26-27-28-29-30-31-32-33-34-35-36-37-38-39-41-43-45-47-49-51-53-55-60(70)65(74)67-58(57-75-66-64(73)63(72)62(71)61(56-68)76-66)59(69)54-52-50-48-46-44-42-40-18-16-14-12-10-8-6-4-2/h28-29,58-64,66,68-73H,3-27,30-57H2,1-2H3,(H,67,74)/b29-28-. The van der Waals surface area contributed by atoms with Crippen molar-refractivity contribution in [3.8, 4) is 0 Å². The van der Waals surface area contributed by atoms with Crippen LogP contribution in [0.4, 0.5) is 0 Å². The van der Waals surface area contributed by atoms with Crippen molar-refractivity contribution in [1.82, 2.24) is 5.32 Å². The first-order valence-electron chi connectivity index (χ1n) is 33.5. The number of allylic oxidation sites excluding steroid dienone is 2. The van der Waals surface area contributed by atoms with E-state index in [4.69, 9.17) is 9.47 Å². The number of carbonyl (C=O) groups excluding carboxylic acids is 1. The van der Waals surface area contributed by atoms with Gasteiger partial charge in [0.2, 0.25) is 5.91 Å². The molecule has 8 atom stereocenters. The third kappa shape index (κ3) is 43.7. The van der Waals surface area contributed by atoms with Gasteiger partial charge in [-0.15, -0.1) is 0 Å². The van der Waals surface area contributed by atoms with E-state index in [0.29, 0.717) is 12.8 Å². The molecule has 0 bridgehead atoms. The minimum atomic E-state index is -1.60. The van der Waals surface area contributed by atoms with Crippen molar-refractivity contribution in [2.45, 2.75) is 390 Å². The Hall–Kier alpha value is -1.11. The molecule has 0 aromatic heterocycles. The molecule has 1 saturated heterocycles. The van der Waals surface area contributed by atoms with Gasteiger partial charge in [-0.05, 0) is 38.5 Å². The van der Waals surface area contributed by atoms with Gasteiger partial charge < -0.3 is 45.4 Å². The van der Waals surface area contributed by atoms with E-state index in [2.05, 4.69) is 31.3 Å². The topological polar surface area (TPSA) is 169 Å². The fourth-order valence-corrected chi connectivity index (χ4v) is 11.1. The van der Waals surface area contributed by atoms with Crippen LogP contribution in [0.1, 0.15) is 341 Å². The molecule has 7 N–H and O–H groups in total. The first-order chi connectivity index (χ1) is 37.3. The first-order valence-corrected chi connectivity index (χ1v) is 33.5. The van der Waals surface area contributed by atoms with Crippen molar-refractivity contribution in [3.05, 3.63) is 12.2 Å². The molecular weight excluding hydrogens is 951 g/mol. The molecule has 452 valence electrons. The monoisotopic (exact) mass is 1080 g/mol. The van der Waals surface area contributed by atoms with Crippen molar-refractivity contribution in [2.24, 2.45) is 0 Å². The number of ether oxygens (including phenoxy) is 2. The molecule has 1 rings (SSSR count). The Labute approximate surface area is 469 Å². The van der Waals surface area contributed by atoms with Crippen LogP contribution in [-0.2, 0) is 14.3 Å². The van der Waals surface area contributed by atoms with E-state index in [1.807, 2.05) is 0 Å². The number of hydrogen-bond acceptors (Lipinski definition) is 9. The number of hydrogen-bond donors (Lipinski definition) is 7. The molecule has 0 saturated carbocycles. The summed E-state index contributed by atoms with van der Waals surface area (Å²) in [5.74, 6) is -0.577. The van der Waals surface area contributed by atoms with Crippen LogP contribution in [0, 0.1) is 0 Å². The smallest absolute Gasteiger partial charge is 0.249 e. The van der Waals surface area contributed by atoms with Gasteiger partial charge in [0.25, 0.3) is 0 Å². The van der Waals surface area contributed by atoms with E-state index in [1.165, 1.54) is 270 Å². The molecule has 1 fully saturated rings. The van der Waals surface area contributed by atoms with Crippen LogP contribution in [-0.4, -0.2) is 98.7 Å². The Morgan fingerprint density at radius 3 is 1.07 bits per heavy atom. The number of aliphatic hydroxyl groups is 6. The summed E-state index contributed by atoms with van der Waals surface area (Å²) < 4.78 is 11.3. The third-order valence-corrected chi connectivity index (χ3v) is 16.5. The number of rotatable bonds is 59. The molecule has 1 amide bonds. The molecule has 10 heteroatoms. The van der Waals surface area contributed by atoms with E-state index in [1.54, 1.807) is 0 Å². The minimum absolute atomic E-state index is 0.251. The number of carbonyl (C=O) groups is 1. The zero-order valence-electron chi connectivity index (χ0n) is 50.2. The maximum absolute atomic E-state index is 13.2. The number of unbranched alkanes of at least 4 members (excludes halogenated alkanes) is 46. The fourth-order valence-electron chi connectivity index (χ4n) is 11.1. The Morgan fingerprint density at radius 2 is 0.737 bits per heavy atom. The molecule has 76 heavy (non-hydrogen) atoms. The van der Waals surface area contributed by atoms with Gasteiger partial charge >= 0.3 is 0 Å². The quantitative estimate of drug-likeness (QED) is 0.0232. The van der Waals surface area contributed by atoms with Crippen LogP contribution >= 0.6 is 0 Å². The van der Waals surface area contributed by atoms with Gasteiger partial charge in [0.05, 0.1) is 25.4 Å². The zero-order chi connectivity index (χ0) is 55.2. The second-order valence-electron chi connectivity index (χ2n) is 23.8. The van der Waals surface area contributed by atoms with Crippen LogP contribution in [0.25, 0.3) is 0 Å². The van der Waals surface area contributed by atoms with Crippen LogP contribution < -0.4 is 5.32 Å². The Bertz CT molecular complexity index is 1220. The normalized spacial score (nSPS) is 19.2. The van der Waals surface area contributed by atoms with Gasteiger partial charge in [0.1, 0.15) is 30.5 Å². The highest BCUT2D eigenvalue weighted by Crippen LogP contribution is 2.24. The molecule has 0 radical (unpaired) electrons. The second kappa shape index (κ2) is 55.8. The molecule has 1 aliphatic rings. The van der Waals surface area contributed by atoms with Crippen LogP contribution in [0.3, 0.4) is 0 Å². The lowest BCUT2D eigenvalue weighted by Gasteiger charge is -2.40. The van der Waals surface area contributed by atoms with E-state index in [9.17, 15) is 35.4 Å². The molecule has 0 aliphatic carbocycles. The summed E-state index contributed by atoms with van der Waals surface area (Å²) in [6.45, 7) is 3.72. The molecule has 0 spiro atoms. The summed E-state index contributed by atoms with van der Waals surface area (Å²) >= 11 is 0.